The fourth-order valence-corrected chi connectivity index (χ4v) is 3.60. The van der Waals surface area contributed by atoms with E-state index >= 15 is 0 Å². The van der Waals surface area contributed by atoms with Gasteiger partial charge in [0.15, 0.2) is 6.61 Å². The number of para-hydroxylation sites is 1. The highest BCUT2D eigenvalue weighted by Crippen LogP contribution is 2.20. The van der Waals surface area contributed by atoms with Crippen molar-refractivity contribution in [2.24, 2.45) is 7.05 Å². The van der Waals surface area contributed by atoms with E-state index in [0.717, 1.165) is 30.4 Å². The lowest BCUT2D eigenvalue weighted by molar-refractivity contribution is -0.119. The van der Waals surface area contributed by atoms with E-state index in [1.165, 1.54) is 7.05 Å². The Morgan fingerprint density at radius 2 is 1.84 bits per heavy atom. The summed E-state index contributed by atoms with van der Waals surface area (Å²) in [4.78, 5) is 49.6. The maximum absolute atomic E-state index is 12.6. The number of benzene rings is 1. The molecule has 2 aromatic rings. The first-order chi connectivity index (χ1) is 14.8. The summed E-state index contributed by atoms with van der Waals surface area (Å²) in [7, 11) is 1.44. The zero-order chi connectivity index (χ0) is 22.5. The summed E-state index contributed by atoms with van der Waals surface area (Å²) in [5, 5.41) is 9.60. The summed E-state index contributed by atoms with van der Waals surface area (Å²) in [6.07, 6.45) is 4.08. The molecule has 0 unspecified atom stereocenters. The van der Waals surface area contributed by atoms with Gasteiger partial charge >= 0.3 is 5.97 Å². The van der Waals surface area contributed by atoms with Crippen LogP contribution in [-0.4, -0.2) is 40.2 Å². The molecule has 2 N–H and O–H groups in total. The number of esters is 1. The molecule has 0 saturated heterocycles. The van der Waals surface area contributed by atoms with Gasteiger partial charge in [0.2, 0.25) is 0 Å². The van der Waals surface area contributed by atoms with Gasteiger partial charge in [-0.1, -0.05) is 25.0 Å². The molecule has 0 spiro atoms. The van der Waals surface area contributed by atoms with Crippen molar-refractivity contribution in [1.82, 2.24) is 15.1 Å². The molecule has 1 heterocycles. The minimum atomic E-state index is -0.897. The molecular weight excluding hydrogens is 400 g/mol. The van der Waals surface area contributed by atoms with E-state index in [2.05, 4.69) is 15.7 Å². The van der Waals surface area contributed by atoms with Gasteiger partial charge in [0.25, 0.3) is 17.4 Å². The average molecular weight is 426 g/mol. The molecule has 0 bridgehead atoms. The highest BCUT2D eigenvalue weighted by Gasteiger charge is 2.22. The van der Waals surface area contributed by atoms with Gasteiger partial charge in [0, 0.05) is 13.1 Å². The third kappa shape index (κ3) is 5.17. The molecule has 0 atom stereocenters. The second-order valence-electron chi connectivity index (χ2n) is 7.64. The van der Waals surface area contributed by atoms with Crippen LogP contribution in [0.15, 0.2) is 29.1 Å². The number of carbonyl (C=O) groups is 3. The van der Waals surface area contributed by atoms with Crippen molar-refractivity contribution in [3.05, 3.63) is 57.0 Å². The number of carbonyl (C=O) groups excluding carboxylic acids is 3. The molecule has 2 amide bonds. The molecule has 1 aliphatic carbocycles. The van der Waals surface area contributed by atoms with Crippen LogP contribution >= 0.6 is 0 Å². The fourth-order valence-electron chi connectivity index (χ4n) is 3.60. The van der Waals surface area contributed by atoms with Crippen LogP contribution in [0.4, 0.5) is 5.69 Å². The standard InChI is InChI=1S/C22H26N4O5/c1-13-14(2)25-26(3)21(29)19(13)22(30)31-12-18(27)24-17-11-7-6-10-16(17)20(28)23-15-8-4-5-9-15/h6-7,10-11,15H,4-5,8-9,12H2,1-3H3,(H,23,28)(H,24,27). The van der Waals surface area contributed by atoms with Crippen LogP contribution in [0.1, 0.15) is 57.7 Å². The number of nitrogens with zero attached hydrogens (tertiary/aromatic N) is 2. The quantitative estimate of drug-likeness (QED) is 0.681. The monoisotopic (exact) mass is 426 g/mol. The molecule has 9 heteroatoms. The van der Waals surface area contributed by atoms with Crippen molar-refractivity contribution in [2.45, 2.75) is 45.6 Å². The first-order valence-corrected chi connectivity index (χ1v) is 10.2. The highest BCUT2D eigenvalue weighted by molar-refractivity contribution is 6.04. The molecule has 1 aromatic carbocycles. The molecule has 0 aliphatic heterocycles. The molecule has 1 saturated carbocycles. The number of ether oxygens (including phenoxy) is 1. The van der Waals surface area contributed by atoms with E-state index in [0.29, 0.717) is 22.5 Å². The van der Waals surface area contributed by atoms with Crippen molar-refractivity contribution in [3.8, 4) is 0 Å². The summed E-state index contributed by atoms with van der Waals surface area (Å²) in [6.45, 7) is 2.67. The smallest absolute Gasteiger partial charge is 0.344 e. The van der Waals surface area contributed by atoms with Crippen molar-refractivity contribution in [2.75, 3.05) is 11.9 Å². The second kappa shape index (κ2) is 9.55. The van der Waals surface area contributed by atoms with Crippen LogP contribution in [0.25, 0.3) is 0 Å². The van der Waals surface area contributed by atoms with Crippen LogP contribution in [0.2, 0.25) is 0 Å². The molecule has 1 fully saturated rings. The van der Waals surface area contributed by atoms with Crippen LogP contribution in [0.3, 0.4) is 0 Å². The van der Waals surface area contributed by atoms with E-state index < -0.39 is 24.0 Å². The summed E-state index contributed by atoms with van der Waals surface area (Å²) < 4.78 is 6.10. The topological polar surface area (TPSA) is 119 Å². The predicted molar refractivity (Wildman–Crippen MR) is 114 cm³/mol. The average Bonchev–Trinajstić information content (AvgIpc) is 3.24. The van der Waals surface area contributed by atoms with E-state index in [1.807, 2.05) is 0 Å². The van der Waals surface area contributed by atoms with E-state index in [4.69, 9.17) is 4.74 Å². The van der Waals surface area contributed by atoms with Crippen LogP contribution in [0.5, 0.6) is 0 Å². The van der Waals surface area contributed by atoms with Gasteiger partial charge < -0.3 is 15.4 Å². The minimum absolute atomic E-state index is 0.145. The van der Waals surface area contributed by atoms with E-state index in [9.17, 15) is 19.2 Å². The van der Waals surface area contributed by atoms with Crippen LogP contribution in [0, 0.1) is 13.8 Å². The number of rotatable bonds is 6. The Morgan fingerprint density at radius 3 is 2.55 bits per heavy atom. The third-order valence-corrected chi connectivity index (χ3v) is 5.40. The Morgan fingerprint density at radius 1 is 1.16 bits per heavy atom. The van der Waals surface area contributed by atoms with E-state index in [-0.39, 0.29) is 17.5 Å². The number of amides is 2. The number of aromatic nitrogens is 2. The fraction of sp³-hybridized carbons (Fsp3) is 0.409. The molecule has 9 nitrogen and oxygen atoms in total. The summed E-state index contributed by atoms with van der Waals surface area (Å²) in [5.41, 5.74) is 0.833. The molecular formula is C22H26N4O5. The first-order valence-electron chi connectivity index (χ1n) is 10.2. The number of aryl methyl sites for hydroxylation is 2. The molecule has 1 aromatic heterocycles. The first kappa shape index (κ1) is 22.2. The van der Waals surface area contributed by atoms with Crippen LogP contribution < -0.4 is 16.2 Å². The lowest BCUT2D eigenvalue weighted by Crippen LogP contribution is -2.33. The zero-order valence-corrected chi connectivity index (χ0v) is 17.9. The van der Waals surface area contributed by atoms with Crippen molar-refractivity contribution in [3.63, 3.8) is 0 Å². The third-order valence-electron chi connectivity index (χ3n) is 5.40. The predicted octanol–water partition coefficient (Wildman–Crippen LogP) is 1.87. The summed E-state index contributed by atoms with van der Waals surface area (Å²) in [5.74, 6) is -1.77. The molecule has 31 heavy (non-hydrogen) atoms. The lowest BCUT2D eigenvalue weighted by atomic mass is 10.1. The van der Waals surface area contributed by atoms with Crippen LogP contribution in [-0.2, 0) is 16.6 Å². The number of nitrogens with one attached hydrogen (secondary N) is 2. The van der Waals surface area contributed by atoms with Gasteiger partial charge in [-0.3, -0.25) is 14.4 Å². The Balaban J connectivity index is 1.65. The van der Waals surface area contributed by atoms with Gasteiger partial charge in [-0.2, -0.15) is 5.10 Å². The minimum Gasteiger partial charge on any atom is -0.452 e. The van der Waals surface area contributed by atoms with Crippen molar-refractivity contribution < 1.29 is 19.1 Å². The summed E-state index contributed by atoms with van der Waals surface area (Å²) >= 11 is 0. The Bertz CT molecular complexity index is 1070. The molecule has 164 valence electrons. The zero-order valence-electron chi connectivity index (χ0n) is 17.9. The SMILES string of the molecule is Cc1nn(C)c(=O)c(C(=O)OCC(=O)Nc2ccccc2C(=O)NC2CCCC2)c1C. The van der Waals surface area contributed by atoms with Crippen molar-refractivity contribution >= 4 is 23.5 Å². The van der Waals surface area contributed by atoms with Gasteiger partial charge in [0.05, 0.1) is 16.9 Å². The normalized spacial score (nSPS) is 13.6. The molecule has 0 radical (unpaired) electrons. The lowest BCUT2D eigenvalue weighted by Gasteiger charge is -2.15. The number of anilines is 1. The maximum atomic E-state index is 12.6. The van der Waals surface area contributed by atoms with Gasteiger partial charge in [-0.05, 0) is 44.4 Å². The largest absolute Gasteiger partial charge is 0.452 e. The van der Waals surface area contributed by atoms with Gasteiger partial charge in [0.1, 0.15) is 5.56 Å². The maximum Gasteiger partial charge on any atom is 0.344 e. The Kier molecular flexibility index (Phi) is 6.84. The molecule has 1 aliphatic rings. The number of hydrogen-bond acceptors (Lipinski definition) is 6. The highest BCUT2D eigenvalue weighted by atomic mass is 16.5. The van der Waals surface area contributed by atoms with Gasteiger partial charge in [-0.25, -0.2) is 9.48 Å². The Hall–Kier alpha value is -3.49. The Labute approximate surface area is 179 Å². The van der Waals surface area contributed by atoms with Crippen molar-refractivity contribution in [1.29, 1.82) is 0 Å². The summed E-state index contributed by atoms with van der Waals surface area (Å²) in [6, 6.07) is 6.78. The second-order valence-corrected chi connectivity index (χ2v) is 7.64. The van der Waals surface area contributed by atoms with E-state index in [1.54, 1.807) is 38.1 Å². The number of hydrogen-bond donors (Lipinski definition) is 2. The van der Waals surface area contributed by atoms with Gasteiger partial charge in [-0.15, -0.1) is 0 Å². The molecule has 3 rings (SSSR count).